The molecule has 0 bridgehead atoms. The summed E-state index contributed by atoms with van der Waals surface area (Å²) >= 11 is 5.52. The summed E-state index contributed by atoms with van der Waals surface area (Å²) in [6.45, 7) is 1.55. The number of nitro groups is 1. The first-order valence-electron chi connectivity index (χ1n) is 5.89. The van der Waals surface area contributed by atoms with Gasteiger partial charge >= 0.3 is 0 Å². The van der Waals surface area contributed by atoms with Gasteiger partial charge in [-0.15, -0.1) is 11.6 Å². The van der Waals surface area contributed by atoms with Crippen LogP contribution in [-0.2, 0) is 5.88 Å². The van der Waals surface area contributed by atoms with Gasteiger partial charge in [0.15, 0.2) is 17.4 Å². The second kappa shape index (κ2) is 6.05. The molecule has 110 valence electrons. The quantitative estimate of drug-likeness (QED) is 0.466. The maximum Gasteiger partial charge on any atom is 0.269 e. The molecule has 0 radical (unpaired) electrons. The van der Waals surface area contributed by atoms with Crippen LogP contribution in [0.1, 0.15) is 11.1 Å². The van der Waals surface area contributed by atoms with Crippen molar-refractivity contribution in [1.82, 2.24) is 0 Å². The first-order valence-corrected chi connectivity index (χ1v) is 6.42. The number of ether oxygens (including phenoxy) is 1. The Morgan fingerprint density at radius 1 is 1.24 bits per heavy atom. The number of aryl methyl sites for hydroxylation is 1. The van der Waals surface area contributed by atoms with Gasteiger partial charge in [0.05, 0.1) is 4.92 Å². The Morgan fingerprint density at radius 2 is 1.86 bits per heavy atom. The normalized spacial score (nSPS) is 10.5. The summed E-state index contributed by atoms with van der Waals surface area (Å²) in [6, 6.07) is 5.91. The number of hydrogen-bond donors (Lipinski definition) is 0. The van der Waals surface area contributed by atoms with Gasteiger partial charge in [0.25, 0.3) is 5.69 Å². The van der Waals surface area contributed by atoms with Crippen molar-refractivity contribution in [3.63, 3.8) is 0 Å². The highest BCUT2D eigenvalue weighted by atomic mass is 35.5. The summed E-state index contributed by atoms with van der Waals surface area (Å²) in [4.78, 5) is 10.1. The van der Waals surface area contributed by atoms with Gasteiger partial charge in [0, 0.05) is 18.0 Å². The van der Waals surface area contributed by atoms with Crippen LogP contribution in [0, 0.1) is 28.7 Å². The van der Waals surface area contributed by atoms with E-state index >= 15 is 0 Å². The third-order valence-electron chi connectivity index (χ3n) is 2.79. The largest absolute Gasteiger partial charge is 0.451 e. The Hall–Kier alpha value is -2.21. The van der Waals surface area contributed by atoms with E-state index in [-0.39, 0.29) is 17.3 Å². The Bertz CT molecular complexity index is 684. The number of nitrogens with zero attached hydrogens (tertiary/aromatic N) is 1. The molecule has 0 unspecified atom stereocenters. The van der Waals surface area contributed by atoms with Crippen molar-refractivity contribution in [3.8, 4) is 11.5 Å². The second-order valence-electron chi connectivity index (χ2n) is 4.33. The molecule has 0 spiro atoms. The molecule has 0 saturated heterocycles. The molecule has 2 aromatic rings. The zero-order valence-corrected chi connectivity index (χ0v) is 11.7. The average Bonchev–Trinajstić information content (AvgIpc) is 2.43. The molecule has 0 atom stereocenters. The summed E-state index contributed by atoms with van der Waals surface area (Å²) in [5.41, 5.74) is 0.558. The molecule has 0 aromatic heterocycles. The van der Waals surface area contributed by atoms with Crippen LogP contribution in [0.2, 0.25) is 0 Å². The van der Waals surface area contributed by atoms with Crippen LogP contribution in [0.3, 0.4) is 0 Å². The van der Waals surface area contributed by atoms with Gasteiger partial charge in [-0.2, -0.15) is 0 Å². The van der Waals surface area contributed by atoms with Crippen LogP contribution in [0.5, 0.6) is 11.5 Å². The standard InChI is InChI=1S/C14H10ClF2NO3/c1-8-4-10(18(19)20)2-3-13(8)21-14-11(16)5-9(7-15)6-12(14)17/h2-6H,7H2,1H3. The number of halogens is 3. The monoisotopic (exact) mass is 313 g/mol. The maximum atomic E-state index is 13.8. The molecule has 0 amide bonds. The summed E-state index contributed by atoms with van der Waals surface area (Å²) in [6.07, 6.45) is 0. The zero-order chi connectivity index (χ0) is 15.6. The van der Waals surface area contributed by atoms with Crippen molar-refractivity contribution in [1.29, 1.82) is 0 Å². The lowest BCUT2D eigenvalue weighted by Crippen LogP contribution is -1.97. The van der Waals surface area contributed by atoms with E-state index in [1.54, 1.807) is 6.92 Å². The fourth-order valence-corrected chi connectivity index (χ4v) is 1.91. The maximum absolute atomic E-state index is 13.8. The van der Waals surface area contributed by atoms with Crippen molar-refractivity contribution in [2.75, 3.05) is 0 Å². The molecule has 2 rings (SSSR count). The fraction of sp³-hybridized carbons (Fsp3) is 0.143. The highest BCUT2D eigenvalue weighted by Gasteiger charge is 2.16. The molecule has 0 aliphatic rings. The lowest BCUT2D eigenvalue weighted by molar-refractivity contribution is -0.384. The van der Waals surface area contributed by atoms with Gasteiger partial charge < -0.3 is 4.74 Å². The Balaban J connectivity index is 2.37. The Kier molecular flexibility index (Phi) is 4.37. The van der Waals surface area contributed by atoms with Crippen molar-refractivity contribution in [2.45, 2.75) is 12.8 Å². The first-order chi connectivity index (χ1) is 9.92. The summed E-state index contributed by atoms with van der Waals surface area (Å²) in [5.74, 6) is -2.23. The number of hydrogen-bond acceptors (Lipinski definition) is 3. The molecule has 7 heteroatoms. The van der Waals surface area contributed by atoms with Crippen molar-refractivity contribution in [3.05, 3.63) is 63.2 Å². The fourth-order valence-electron chi connectivity index (χ4n) is 1.76. The molecule has 0 fully saturated rings. The lowest BCUT2D eigenvalue weighted by atomic mass is 10.2. The number of rotatable bonds is 4. The summed E-state index contributed by atoms with van der Waals surface area (Å²) in [7, 11) is 0. The average molecular weight is 314 g/mol. The van der Waals surface area contributed by atoms with E-state index in [1.165, 1.54) is 18.2 Å². The van der Waals surface area contributed by atoms with Crippen LogP contribution in [0.4, 0.5) is 14.5 Å². The molecule has 0 aliphatic heterocycles. The molecular formula is C14H10ClF2NO3. The van der Waals surface area contributed by atoms with Gasteiger partial charge in [-0.1, -0.05) is 0 Å². The Morgan fingerprint density at radius 3 is 2.33 bits per heavy atom. The summed E-state index contributed by atoms with van der Waals surface area (Å²) in [5, 5.41) is 10.6. The van der Waals surface area contributed by atoms with Gasteiger partial charge in [0.1, 0.15) is 5.75 Å². The molecular weight excluding hydrogens is 304 g/mol. The van der Waals surface area contributed by atoms with Crippen molar-refractivity contribution >= 4 is 17.3 Å². The van der Waals surface area contributed by atoms with E-state index in [9.17, 15) is 18.9 Å². The predicted octanol–water partition coefficient (Wildman–Crippen LogP) is 4.71. The zero-order valence-electron chi connectivity index (χ0n) is 10.9. The minimum atomic E-state index is -0.886. The molecule has 4 nitrogen and oxygen atoms in total. The van der Waals surface area contributed by atoms with E-state index in [2.05, 4.69) is 0 Å². The van der Waals surface area contributed by atoms with E-state index < -0.39 is 22.3 Å². The topological polar surface area (TPSA) is 52.4 Å². The number of benzene rings is 2. The van der Waals surface area contributed by atoms with E-state index in [0.29, 0.717) is 11.1 Å². The molecule has 0 N–H and O–H groups in total. The molecule has 0 saturated carbocycles. The van der Waals surface area contributed by atoms with Gasteiger partial charge in [-0.3, -0.25) is 10.1 Å². The molecule has 2 aromatic carbocycles. The minimum Gasteiger partial charge on any atom is -0.451 e. The SMILES string of the molecule is Cc1cc([N+](=O)[O-])ccc1Oc1c(F)cc(CCl)cc1F. The van der Waals surface area contributed by atoms with Crippen LogP contribution in [0.15, 0.2) is 30.3 Å². The van der Waals surface area contributed by atoms with Crippen LogP contribution >= 0.6 is 11.6 Å². The lowest BCUT2D eigenvalue weighted by Gasteiger charge is -2.11. The molecule has 0 heterocycles. The van der Waals surface area contributed by atoms with Crippen LogP contribution < -0.4 is 4.74 Å². The predicted molar refractivity (Wildman–Crippen MR) is 73.8 cm³/mol. The van der Waals surface area contributed by atoms with Gasteiger partial charge in [0.2, 0.25) is 0 Å². The third-order valence-corrected chi connectivity index (χ3v) is 3.10. The number of non-ortho nitro benzene ring substituents is 1. The summed E-state index contributed by atoms with van der Waals surface area (Å²) < 4.78 is 32.8. The number of alkyl halides is 1. The van der Waals surface area contributed by atoms with Crippen LogP contribution in [0.25, 0.3) is 0 Å². The number of nitro benzene ring substituents is 1. The van der Waals surface area contributed by atoms with Crippen LogP contribution in [-0.4, -0.2) is 4.92 Å². The molecule has 0 aliphatic carbocycles. The van der Waals surface area contributed by atoms with Gasteiger partial charge in [-0.05, 0) is 36.2 Å². The van der Waals surface area contributed by atoms with E-state index in [4.69, 9.17) is 16.3 Å². The minimum absolute atomic E-state index is 0.0231. The third kappa shape index (κ3) is 3.28. The van der Waals surface area contributed by atoms with Crippen molar-refractivity contribution in [2.24, 2.45) is 0 Å². The highest BCUT2D eigenvalue weighted by Crippen LogP contribution is 2.32. The smallest absolute Gasteiger partial charge is 0.269 e. The molecule has 21 heavy (non-hydrogen) atoms. The van der Waals surface area contributed by atoms with Gasteiger partial charge in [-0.25, -0.2) is 8.78 Å². The highest BCUT2D eigenvalue weighted by molar-refractivity contribution is 6.17. The Labute approximate surface area is 124 Å². The second-order valence-corrected chi connectivity index (χ2v) is 4.60. The van der Waals surface area contributed by atoms with E-state index in [0.717, 1.165) is 12.1 Å². The van der Waals surface area contributed by atoms with E-state index in [1.807, 2.05) is 0 Å². The first kappa shape index (κ1) is 15.2. The van der Waals surface area contributed by atoms with Crippen molar-refractivity contribution < 1.29 is 18.4 Å².